The fraction of sp³-hybridized carbons (Fsp3) is 0.837. The molecule has 0 saturated carbocycles. The van der Waals surface area contributed by atoms with Gasteiger partial charge in [-0.25, -0.2) is 0 Å². The largest absolute Gasteiger partial charge is 0.394 e. The van der Waals surface area contributed by atoms with Crippen molar-refractivity contribution in [2.75, 3.05) is 13.2 Å². The van der Waals surface area contributed by atoms with Gasteiger partial charge in [0.2, 0.25) is 0 Å². The van der Waals surface area contributed by atoms with Crippen molar-refractivity contribution in [3.05, 3.63) is 36.0 Å². The van der Waals surface area contributed by atoms with Gasteiger partial charge in [0, 0.05) is 0 Å². The van der Waals surface area contributed by atoms with E-state index in [1.165, 1.54) is 121 Å². The molecule has 1 heterocycles. The molecule has 10 nitrogen and oxygen atoms in total. The summed E-state index contributed by atoms with van der Waals surface area (Å²) < 4.78 is 11.1. The molecule has 310 valence electrons. The molecule has 7 N–H and O–H groups in total. The molecule has 6 unspecified atom stereocenters. The lowest BCUT2D eigenvalue weighted by Crippen LogP contribution is -2.60. The molecule has 8 atom stereocenters. The molecule has 1 aliphatic heterocycles. The molecule has 1 fully saturated rings. The highest BCUT2D eigenvalue weighted by Crippen LogP contribution is 2.22. The van der Waals surface area contributed by atoms with Gasteiger partial charge in [-0.3, -0.25) is 4.79 Å². The van der Waals surface area contributed by atoms with E-state index in [2.05, 4.69) is 32.2 Å². The number of hydrogen-bond acceptors (Lipinski definition) is 9. The Hall–Kier alpha value is -1.63. The van der Waals surface area contributed by atoms with Crippen molar-refractivity contribution in [1.82, 2.24) is 5.32 Å². The summed E-state index contributed by atoms with van der Waals surface area (Å²) in [5.74, 6) is -0.713. The number of carbonyl (C=O) groups excluding carboxylic acids is 1. The predicted octanol–water partition coefficient (Wildman–Crippen LogP) is 7.08. The SMILES string of the molecule is CCCCCCCCCCCCCC/C=C/C(O)C(=O)NC(CO[C@@H]1O[C@H](CO)C(O)C(O)C1O)C(O)/C=C/CC/C=C(\C)CCCCCCCCC. The van der Waals surface area contributed by atoms with Crippen molar-refractivity contribution in [3.8, 4) is 0 Å². The van der Waals surface area contributed by atoms with E-state index in [4.69, 9.17) is 9.47 Å². The Bertz CT molecular complexity index is 971. The number of hydrogen-bond donors (Lipinski definition) is 7. The normalized spacial score (nSPS) is 22.8. The molecule has 0 aromatic carbocycles. The highest BCUT2D eigenvalue weighted by atomic mass is 16.7. The molecule has 10 heteroatoms. The van der Waals surface area contributed by atoms with Gasteiger partial charge in [-0.15, -0.1) is 0 Å². The van der Waals surface area contributed by atoms with Crippen LogP contribution in [0.15, 0.2) is 36.0 Å². The van der Waals surface area contributed by atoms with E-state index < -0.39 is 61.5 Å². The third-order valence-corrected chi connectivity index (χ3v) is 10.2. The van der Waals surface area contributed by atoms with E-state index in [1.807, 2.05) is 6.08 Å². The number of carbonyl (C=O) groups is 1. The van der Waals surface area contributed by atoms with Gasteiger partial charge in [0.15, 0.2) is 12.4 Å². The lowest BCUT2D eigenvalue weighted by atomic mass is 9.99. The van der Waals surface area contributed by atoms with Crippen LogP contribution in [0.3, 0.4) is 0 Å². The number of rotatable bonds is 33. The molecule has 0 bridgehead atoms. The van der Waals surface area contributed by atoms with E-state index >= 15 is 0 Å². The molecule has 0 aliphatic carbocycles. The fourth-order valence-electron chi connectivity index (χ4n) is 6.57. The molecule has 0 radical (unpaired) electrons. The Morgan fingerprint density at radius 1 is 0.698 bits per heavy atom. The van der Waals surface area contributed by atoms with E-state index in [0.29, 0.717) is 6.42 Å². The van der Waals surface area contributed by atoms with Gasteiger partial charge in [-0.05, 0) is 45.4 Å². The Morgan fingerprint density at radius 2 is 1.23 bits per heavy atom. The van der Waals surface area contributed by atoms with Crippen molar-refractivity contribution in [2.45, 2.75) is 217 Å². The molecule has 1 amide bonds. The fourth-order valence-corrected chi connectivity index (χ4v) is 6.57. The van der Waals surface area contributed by atoms with Crippen LogP contribution < -0.4 is 5.32 Å². The molecule has 0 spiro atoms. The van der Waals surface area contributed by atoms with Gasteiger partial charge in [-0.2, -0.15) is 0 Å². The van der Waals surface area contributed by atoms with Gasteiger partial charge < -0.3 is 45.4 Å². The minimum absolute atomic E-state index is 0.341. The smallest absolute Gasteiger partial charge is 0.253 e. The molecule has 1 rings (SSSR count). The van der Waals surface area contributed by atoms with Crippen LogP contribution >= 0.6 is 0 Å². The molecule has 0 aromatic rings. The molecule has 0 aromatic heterocycles. The Balaban J connectivity index is 2.59. The van der Waals surface area contributed by atoms with Crippen LogP contribution in [0.5, 0.6) is 0 Å². The van der Waals surface area contributed by atoms with Crippen molar-refractivity contribution >= 4 is 5.91 Å². The summed E-state index contributed by atoms with van der Waals surface area (Å²) in [6, 6.07) is -1.03. The second-order valence-corrected chi connectivity index (χ2v) is 15.1. The first-order chi connectivity index (χ1) is 25.7. The second kappa shape index (κ2) is 32.6. The molecule has 1 saturated heterocycles. The maximum Gasteiger partial charge on any atom is 0.253 e. The molecular weight excluding hydrogens is 674 g/mol. The summed E-state index contributed by atoms with van der Waals surface area (Å²) in [5, 5.41) is 64.4. The van der Waals surface area contributed by atoms with E-state index in [1.54, 1.807) is 12.2 Å². The van der Waals surface area contributed by atoms with Crippen LogP contribution in [0.4, 0.5) is 0 Å². The predicted molar refractivity (Wildman–Crippen MR) is 213 cm³/mol. The summed E-state index contributed by atoms with van der Waals surface area (Å²) >= 11 is 0. The molecule has 1 aliphatic rings. The van der Waals surface area contributed by atoms with Crippen LogP contribution in [-0.2, 0) is 14.3 Å². The van der Waals surface area contributed by atoms with Gasteiger partial charge in [0.1, 0.15) is 24.4 Å². The maximum absolute atomic E-state index is 13.0. The highest BCUT2D eigenvalue weighted by Gasteiger charge is 2.44. The zero-order valence-electron chi connectivity index (χ0n) is 33.6. The number of unbranched alkanes of at least 4 members (excludes halogenated alkanes) is 19. The zero-order valence-corrected chi connectivity index (χ0v) is 33.6. The van der Waals surface area contributed by atoms with Crippen LogP contribution in [0.1, 0.15) is 168 Å². The average molecular weight is 754 g/mol. The van der Waals surface area contributed by atoms with Gasteiger partial charge >= 0.3 is 0 Å². The second-order valence-electron chi connectivity index (χ2n) is 15.1. The van der Waals surface area contributed by atoms with Gasteiger partial charge in [-0.1, -0.05) is 159 Å². The Kier molecular flexibility index (Phi) is 30.4. The Labute approximate surface area is 322 Å². The first-order valence-electron chi connectivity index (χ1n) is 21.2. The topological polar surface area (TPSA) is 169 Å². The van der Waals surface area contributed by atoms with Crippen molar-refractivity contribution in [3.63, 3.8) is 0 Å². The standard InChI is InChI=1S/C43H79NO9/c1-4-6-8-10-12-13-14-15-16-17-18-20-22-26-31-37(47)42(51)44-35(33-52-43-41(50)40(49)39(48)38(32-45)53-43)36(46)30-27-23-25-29-34(3)28-24-21-19-11-9-7-5-2/h26-27,29-31,35-41,43,45-50H,4-25,28,32-33H2,1-3H3,(H,44,51)/b30-27+,31-26+,34-29+/t35?,36?,37?,38-,39?,40?,41?,43-/m1/s1. The number of amides is 1. The van der Waals surface area contributed by atoms with Crippen LogP contribution in [-0.4, -0.2) is 98.7 Å². The lowest BCUT2D eigenvalue weighted by Gasteiger charge is -2.40. The number of aliphatic hydroxyl groups is 6. The highest BCUT2D eigenvalue weighted by molar-refractivity contribution is 5.82. The first-order valence-corrected chi connectivity index (χ1v) is 21.2. The number of aliphatic hydroxyl groups excluding tert-OH is 6. The van der Waals surface area contributed by atoms with Crippen molar-refractivity contribution in [1.29, 1.82) is 0 Å². The number of nitrogens with one attached hydrogen (secondary N) is 1. The van der Waals surface area contributed by atoms with Crippen molar-refractivity contribution < 1.29 is 44.9 Å². The first kappa shape index (κ1) is 49.4. The summed E-state index contributed by atoms with van der Waals surface area (Å²) in [5.41, 5.74) is 1.35. The van der Waals surface area contributed by atoms with Gasteiger partial charge in [0.05, 0.1) is 25.4 Å². The van der Waals surface area contributed by atoms with Gasteiger partial charge in [0.25, 0.3) is 5.91 Å². The van der Waals surface area contributed by atoms with Crippen LogP contribution in [0, 0.1) is 0 Å². The van der Waals surface area contributed by atoms with E-state index in [0.717, 1.165) is 32.1 Å². The lowest BCUT2D eigenvalue weighted by molar-refractivity contribution is -0.302. The average Bonchev–Trinajstić information content (AvgIpc) is 3.15. The van der Waals surface area contributed by atoms with Crippen LogP contribution in [0.2, 0.25) is 0 Å². The summed E-state index contributed by atoms with van der Waals surface area (Å²) in [7, 11) is 0. The summed E-state index contributed by atoms with van der Waals surface area (Å²) in [6.45, 7) is 5.67. The van der Waals surface area contributed by atoms with Crippen molar-refractivity contribution in [2.24, 2.45) is 0 Å². The van der Waals surface area contributed by atoms with E-state index in [-0.39, 0.29) is 6.61 Å². The third kappa shape index (κ3) is 23.8. The number of ether oxygens (including phenoxy) is 2. The maximum atomic E-state index is 13.0. The Morgan fingerprint density at radius 3 is 1.79 bits per heavy atom. The minimum atomic E-state index is -1.62. The summed E-state index contributed by atoms with van der Waals surface area (Å²) in [4.78, 5) is 13.0. The summed E-state index contributed by atoms with van der Waals surface area (Å²) in [6.07, 6.45) is 26.3. The molecular formula is C43H79NO9. The quantitative estimate of drug-likeness (QED) is 0.0274. The van der Waals surface area contributed by atoms with Crippen LogP contribution in [0.25, 0.3) is 0 Å². The zero-order chi connectivity index (χ0) is 39.1. The van der Waals surface area contributed by atoms with E-state index in [9.17, 15) is 35.4 Å². The monoisotopic (exact) mass is 754 g/mol. The molecule has 53 heavy (non-hydrogen) atoms. The third-order valence-electron chi connectivity index (χ3n) is 10.2. The number of allylic oxidation sites excluding steroid dienone is 4. The minimum Gasteiger partial charge on any atom is -0.394 e.